The standard InChI is InChI=1S/C24H30F2N6O2/c1-16-14-32(28-2)21(29-22(16)30-12-10-17(27)15-30)13-18-7-5-6-11-31(18)23(33)19-8-3-4-9-20(19)34-24(25)26/h3-4,8-9,13-14,17-18,24H,2,5-7,10-12,15,27H2,1H3/b21-13-/t17-,18?/m0/s1. The van der Waals surface area contributed by atoms with Gasteiger partial charge in [-0.2, -0.15) is 13.9 Å². The van der Waals surface area contributed by atoms with E-state index < -0.39 is 6.61 Å². The molecular weight excluding hydrogens is 442 g/mol. The first-order valence-corrected chi connectivity index (χ1v) is 11.5. The Morgan fingerprint density at radius 2 is 2.09 bits per heavy atom. The normalized spacial score (nSPS) is 24.4. The van der Waals surface area contributed by atoms with Gasteiger partial charge in [0.1, 0.15) is 11.6 Å². The number of carbonyl (C=O) groups excluding carboxylic acids is 1. The zero-order valence-electron chi connectivity index (χ0n) is 19.2. The second-order valence-electron chi connectivity index (χ2n) is 8.69. The minimum absolute atomic E-state index is 0.112. The Labute approximate surface area is 198 Å². The average Bonchev–Trinajstić information content (AvgIpc) is 3.25. The third-order valence-corrected chi connectivity index (χ3v) is 6.29. The lowest BCUT2D eigenvalue weighted by molar-refractivity contribution is -0.0503. The molecule has 2 fully saturated rings. The number of hydrogen-bond acceptors (Lipinski definition) is 7. The van der Waals surface area contributed by atoms with E-state index in [1.807, 2.05) is 19.2 Å². The molecule has 3 heterocycles. The number of benzene rings is 1. The molecule has 0 bridgehead atoms. The number of hydrogen-bond donors (Lipinski definition) is 1. The van der Waals surface area contributed by atoms with Crippen LogP contribution in [-0.4, -0.2) is 71.6 Å². The first kappa shape index (κ1) is 23.9. The molecule has 1 amide bonds. The zero-order chi connectivity index (χ0) is 24.2. The molecule has 182 valence electrons. The molecular formula is C24H30F2N6O2. The molecule has 1 aromatic carbocycles. The summed E-state index contributed by atoms with van der Waals surface area (Å²) in [4.78, 5) is 22.1. The molecule has 1 unspecified atom stereocenters. The maximum Gasteiger partial charge on any atom is 0.387 e. The lowest BCUT2D eigenvalue weighted by atomic mass is 10.00. The van der Waals surface area contributed by atoms with Crippen LogP contribution < -0.4 is 10.5 Å². The third kappa shape index (κ3) is 5.11. The molecule has 10 heteroatoms. The van der Waals surface area contributed by atoms with Crippen LogP contribution in [0.15, 0.2) is 58.0 Å². The summed E-state index contributed by atoms with van der Waals surface area (Å²) in [5.74, 6) is 0.922. The quantitative estimate of drug-likeness (QED) is 0.664. The van der Waals surface area contributed by atoms with Crippen molar-refractivity contribution in [3.05, 3.63) is 53.5 Å². The van der Waals surface area contributed by atoms with Gasteiger partial charge in [0.15, 0.2) is 5.82 Å². The van der Waals surface area contributed by atoms with Crippen molar-refractivity contribution in [1.29, 1.82) is 0 Å². The maximum absolute atomic E-state index is 13.4. The number of alkyl halides is 2. The first-order chi connectivity index (χ1) is 16.4. The van der Waals surface area contributed by atoms with Crippen molar-refractivity contribution in [1.82, 2.24) is 14.8 Å². The SMILES string of the molecule is C=NN1C=C(C)C(N2CC[C@H](N)C2)=N/C1=C/C1CCCCN1C(=O)c1ccccc1OC(F)F. The number of amides is 1. The van der Waals surface area contributed by atoms with Crippen LogP contribution in [0.1, 0.15) is 43.0 Å². The molecule has 3 aliphatic rings. The van der Waals surface area contributed by atoms with E-state index in [0.29, 0.717) is 12.4 Å². The van der Waals surface area contributed by atoms with Crippen LogP contribution in [0.25, 0.3) is 0 Å². The van der Waals surface area contributed by atoms with E-state index in [1.165, 1.54) is 12.1 Å². The van der Waals surface area contributed by atoms with Gasteiger partial charge in [-0.05, 0) is 50.8 Å². The van der Waals surface area contributed by atoms with Crippen molar-refractivity contribution in [3.8, 4) is 5.75 Å². The molecule has 2 saturated heterocycles. The lowest BCUT2D eigenvalue weighted by Gasteiger charge is -2.35. The number of para-hydroxylation sites is 1. The van der Waals surface area contributed by atoms with Gasteiger partial charge in [-0.1, -0.05) is 12.1 Å². The fourth-order valence-electron chi connectivity index (χ4n) is 4.63. The summed E-state index contributed by atoms with van der Waals surface area (Å²) in [5, 5.41) is 5.67. The van der Waals surface area contributed by atoms with Gasteiger partial charge in [-0.15, -0.1) is 0 Å². The predicted molar refractivity (Wildman–Crippen MR) is 127 cm³/mol. The number of nitrogens with two attached hydrogens (primary N) is 1. The van der Waals surface area contributed by atoms with Crippen LogP contribution in [0.4, 0.5) is 8.78 Å². The zero-order valence-corrected chi connectivity index (χ0v) is 19.2. The van der Waals surface area contributed by atoms with E-state index in [0.717, 1.165) is 50.2 Å². The molecule has 0 saturated carbocycles. The van der Waals surface area contributed by atoms with E-state index >= 15 is 0 Å². The Morgan fingerprint density at radius 1 is 1.29 bits per heavy atom. The Hall–Kier alpha value is -3.27. The summed E-state index contributed by atoms with van der Waals surface area (Å²) in [6.45, 7) is 4.68. The number of hydrazone groups is 1. The number of carbonyl (C=O) groups is 1. The first-order valence-electron chi connectivity index (χ1n) is 11.5. The van der Waals surface area contributed by atoms with Gasteiger partial charge >= 0.3 is 6.61 Å². The molecule has 2 atom stereocenters. The Bertz CT molecular complexity index is 1020. The highest BCUT2D eigenvalue weighted by Gasteiger charge is 2.31. The van der Waals surface area contributed by atoms with Crippen molar-refractivity contribution in [3.63, 3.8) is 0 Å². The van der Waals surface area contributed by atoms with Crippen molar-refractivity contribution < 1.29 is 18.3 Å². The second kappa shape index (κ2) is 10.3. The monoisotopic (exact) mass is 472 g/mol. The van der Waals surface area contributed by atoms with E-state index in [2.05, 4.69) is 21.5 Å². The van der Waals surface area contributed by atoms with Crippen molar-refractivity contribution in [2.45, 2.75) is 51.3 Å². The molecule has 2 N–H and O–H groups in total. The van der Waals surface area contributed by atoms with Gasteiger partial charge in [-0.25, -0.2) is 10.0 Å². The minimum Gasteiger partial charge on any atom is -0.434 e. The summed E-state index contributed by atoms with van der Waals surface area (Å²) < 4.78 is 30.4. The van der Waals surface area contributed by atoms with Crippen LogP contribution in [0.5, 0.6) is 5.75 Å². The predicted octanol–water partition coefficient (Wildman–Crippen LogP) is 3.39. The fourth-order valence-corrected chi connectivity index (χ4v) is 4.63. The Morgan fingerprint density at radius 3 is 2.79 bits per heavy atom. The van der Waals surface area contributed by atoms with Crippen LogP contribution in [0.3, 0.4) is 0 Å². The number of halogens is 2. The minimum atomic E-state index is -3.01. The van der Waals surface area contributed by atoms with Gasteiger partial charge in [0, 0.05) is 44.2 Å². The highest BCUT2D eigenvalue weighted by Crippen LogP contribution is 2.29. The van der Waals surface area contributed by atoms with Crippen molar-refractivity contribution in [2.75, 3.05) is 19.6 Å². The largest absolute Gasteiger partial charge is 0.434 e. The van der Waals surface area contributed by atoms with Crippen LogP contribution in [-0.2, 0) is 0 Å². The number of piperidine rings is 1. The lowest BCUT2D eigenvalue weighted by Crippen LogP contribution is -2.43. The Balaban J connectivity index is 1.64. The number of aliphatic imine (C=N–C) groups is 1. The van der Waals surface area contributed by atoms with Crippen LogP contribution >= 0.6 is 0 Å². The van der Waals surface area contributed by atoms with Crippen molar-refractivity contribution in [2.24, 2.45) is 15.8 Å². The summed E-state index contributed by atoms with van der Waals surface area (Å²) >= 11 is 0. The molecule has 0 spiro atoms. The maximum atomic E-state index is 13.4. The van der Waals surface area contributed by atoms with Crippen LogP contribution in [0.2, 0.25) is 0 Å². The molecule has 8 nitrogen and oxygen atoms in total. The smallest absolute Gasteiger partial charge is 0.387 e. The van der Waals surface area contributed by atoms with Crippen molar-refractivity contribution >= 4 is 18.5 Å². The number of ether oxygens (including phenoxy) is 1. The topological polar surface area (TPSA) is 86.8 Å². The second-order valence-corrected chi connectivity index (χ2v) is 8.69. The summed E-state index contributed by atoms with van der Waals surface area (Å²) in [7, 11) is 0. The van der Waals surface area contributed by atoms with Gasteiger partial charge in [0.05, 0.1) is 11.6 Å². The van der Waals surface area contributed by atoms with Gasteiger partial charge in [0.2, 0.25) is 0 Å². The van der Waals surface area contributed by atoms with E-state index in [1.54, 1.807) is 22.0 Å². The summed E-state index contributed by atoms with van der Waals surface area (Å²) in [5.41, 5.74) is 7.16. The number of amidine groups is 1. The number of nitrogens with zero attached hydrogens (tertiary/aromatic N) is 5. The van der Waals surface area contributed by atoms with Gasteiger partial charge in [-0.3, -0.25) is 4.79 Å². The highest BCUT2D eigenvalue weighted by atomic mass is 19.3. The van der Waals surface area contributed by atoms with E-state index in [-0.39, 0.29) is 29.3 Å². The van der Waals surface area contributed by atoms with Crippen LogP contribution in [0, 0.1) is 0 Å². The summed E-state index contributed by atoms with van der Waals surface area (Å²) in [6, 6.07) is 5.92. The Kier molecular flexibility index (Phi) is 7.26. The highest BCUT2D eigenvalue weighted by molar-refractivity contribution is 5.99. The molecule has 0 radical (unpaired) electrons. The number of rotatable bonds is 5. The third-order valence-electron chi connectivity index (χ3n) is 6.29. The molecule has 4 rings (SSSR count). The van der Waals surface area contributed by atoms with Gasteiger partial charge < -0.3 is 20.3 Å². The molecule has 0 aromatic heterocycles. The van der Waals surface area contributed by atoms with E-state index in [9.17, 15) is 13.6 Å². The number of likely N-dealkylation sites (tertiary alicyclic amines) is 2. The molecule has 0 aliphatic carbocycles. The molecule has 34 heavy (non-hydrogen) atoms. The average molecular weight is 473 g/mol. The molecule has 1 aromatic rings. The van der Waals surface area contributed by atoms with E-state index in [4.69, 9.17) is 10.7 Å². The van der Waals surface area contributed by atoms with Gasteiger partial charge in [0.25, 0.3) is 5.91 Å². The fraction of sp³-hybridized carbons (Fsp3) is 0.458. The summed E-state index contributed by atoms with van der Waals surface area (Å²) in [6.07, 6.45) is 7.15. The molecule has 3 aliphatic heterocycles.